The second kappa shape index (κ2) is 5.55. The normalized spacial score (nSPS) is 20.0. The largest absolute Gasteiger partial charge is 0.322 e. The lowest BCUT2D eigenvalue weighted by Crippen LogP contribution is -2.49. The van der Waals surface area contributed by atoms with Gasteiger partial charge in [0.25, 0.3) is 11.5 Å². The van der Waals surface area contributed by atoms with Crippen LogP contribution in [-0.4, -0.2) is 16.5 Å². The van der Waals surface area contributed by atoms with E-state index in [0.717, 1.165) is 12.1 Å². The highest BCUT2D eigenvalue weighted by Gasteiger charge is 2.48. The van der Waals surface area contributed by atoms with Crippen LogP contribution in [0.4, 0.5) is 13.6 Å². The van der Waals surface area contributed by atoms with Crippen LogP contribution in [0.2, 0.25) is 0 Å². The average Bonchev–Trinajstić information content (AvgIpc) is 2.81. The number of carbonyl (C=O) groups is 2. The third-order valence-corrected chi connectivity index (χ3v) is 3.97. The number of nitrogens with zero attached hydrogens (tertiary/aromatic N) is 1. The zero-order valence-corrected chi connectivity index (χ0v) is 12.6. The lowest BCUT2D eigenvalue weighted by Gasteiger charge is -2.27. The smallest absolute Gasteiger partial charge is 0.318 e. The quantitative estimate of drug-likeness (QED) is 0.828. The van der Waals surface area contributed by atoms with Crippen molar-refractivity contribution >= 4 is 11.9 Å². The van der Waals surface area contributed by atoms with Crippen molar-refractivity contribution in [3.63, 3.8) is 0 Å². The van der Waals surface area contributed by atoms with Gasteiger partial charge in [-0.05, 0) is 30.7 Å². The molecule has 2 heterocycles. The zero-order valence-electron chi connectivity index (χ0n) is 12.6. The molecule has 1 atom stereocenters. The molecular weight excluding hydrogens is 320 g/mol. The molecule has 1 aliphatic rings. The second-order valence-corrected chi connectivity index (χ2v) is 5.57. The van der Waals surface area contributed by atoms with Gasteiger partial charge >= 0.3 is 6.03 Å². The molecule has 1 saturated heterocycles. The van der Waals surface area contributed by atoms with Crippen LogP contribution >= 0.6 is 0 Å². The van der Waals surface area contributed by atoms with Gasteiger partial charge in [0.2, 0.25) is 0 Å². The van der Waals surface area contributed by atoms with Gasteiger partial charge < -0.3 is 9.88 Å². The van der Waals surface area contributed by atoms with Gasteiger partial charge in [0.05, 0.1) is 6.54 Å². The van der Waals surface area contributed by atoms with Crippen LogP contribution in [0.15, 0.2) is 41.3 Å². The Morgan fingerprint density at radius 3 is 2.50 bits per heavy atom. The molecule has 6 nitrogen and oxygen atoms in total. The minimum absolute atomic E-state index is 0.0400. The number of urea groups is 1. The Bertz CT molecular complexity index is 910. The summed E-state index contributed by atoms with van der Waals surface area (Å²) in [6, 6.07) is 5.35. The van der Waals surface area contributed by atoms with Crippen LogP contribution < -0.4 is 16.2 Å². The maximum Gasteiger partial charge on any atom is 0.322 e. The number of benzene rings is 1. The Hall–Kier alpha value is -3.03. The number of carbonyl (C=O) groups excluding carboxylic acids is 2. The minimum atomic E-state index is -1.71. The molecule has 0 radical (unpaired) electrons. The predicted octanol–water partition coefficient (Wildman–Crippen LogP) is 1.17. The van der Waals surface area contributed by atoms with E-state index in [1.165, 1.54) is 16.8 Å². The van der Waals surface area contributed by atoms with E-state index in [2.05, 4.69) is 10.6 Å². The third kappa shape index (κ3) is 2.45. The van der Waals surface area contributed by atoms with E-state index in [1.54, 1.807) is 19.1 Å². The highest BCUT2D eigenvalue weighted by atomic mass is 19.2. The molecule has 2 N–H and O–H groups in total. The first-order chi connectivity index (χ1) is 11.3. The maximum atomic E-state index is 13.6. The number of imide groups is 1. The summed E-state index contributed by atoms with van der Waals surface area (Å²) in [5.74, 6) is -2.98. The number of hydrogen-bond acceptors (Lipinski definition) is 3. The Labute approximate surface area is 135 Å². The fourth-order valence-electron chi connectivity index (χ4n) is 2.70. The van der Waals surface area contributed by atoms with Crippen LogP contribution in [0.5, 0.6) is 0 Å². The van der Waals surface area contributed by atoms with Crippen LogP contribution in [0, 0.1) is 18.6 Å². The lowest BCUT2D eigenvalue weighted by atomic mass is 9.89. The number of aromatic nitrogens is 1. The Kier molecular flexibility index (Phi) is 3.67. The summed E-state index contributed by atoms with van der Waals surface area (Å²) >= 11 is 0. The van der Waals surface area contributed by atoms with E-state index in [1.807, 2.05) is 0 Å². The van der Waals surface area contributed by atoms with Crippen molar-refractivity contribution in [1.29, 1.82) is 0 Å². The van der Waals surface area contributed by atoms with E-state index in [9.17, 15) is 23.2 Å². The molecule has 0 bridgehead atoms. The van der Waals surface area contributed by atoms with Crippen molar-refractivity contribution in [3.05, 3.63) is 69.6 Å². The molecule has 0 saturated carbocycles. The van der Waals surface area contributed by atoms with Crippen LogP contribution in [0.1, 0.15) is 11.1 Å². The molecule has 0 spiro atoms. The summed E-state index contributed by atoms with van der Waals surface area (Å²) in [4.78, 5) is 36.2. The van der Waals surface area contributed by atoms with Crippen molar-refractivity contribution in [3.8, 4) is 0 Å². The molecule has 0 aliphatic carbocycles. The molecule has 24 heavy (non-hydrogen) atoms. The first-order valence-corrected chi connectivity index (χ1v) is 7.09. The fraction of sp³-hybridized carbons (Fsp3) is 0.188. The monoisotopic (exact) mass is 333 g/mol. The summed E-state index contributed by atoms with van der Waals surface area (Å²) in [6.45, 7) is 1.35. The van der Waals surface area contributed by atoms with Gasteiger partial charge in [-0.2, -0.15) is 0 Å². The number of amides is 3. The lowest BCUT2D eigenvalue weighted by molar-refractivity contribution is -0.124. The molecule has 0 unspecified atom stereocenters. The van der Waals surface area contributed by atoms with Crippen molar-refractivity contribution in [1.82, 2.24) is 15.2 Å². The number of nitrogens with one attached hydrogen (secondary N) is 2. The van der Waals surface area contributed by atoms with E-state index in [-0.39, 0.29) is 17.7 Å². The highest BCUT2D eigenvalue weighted by Crippen LogP contribution is 2.28. The van der Waals surface area contributed by atoms with Gasteiger partial charge in [0.15, 0.2) is 17.2 Å². The van der Waals surface area contributed by atoms with Gasteiger partial charge in [-0.3, -0.25) is 14.9 Å². The van der Waals surface area contributed by atoms with Crippen molar-refractivity contribution in [2.45, 2.75) is 19.0 Å². The van der Waals surface area contributed by atoms with Crippen molar-refractivity contribution in [2.24, 2.45) is 0 Å². The van der Waals surface area contributed by atoms with Gasteiger partial charge in [0, 0.05) is 11.8 Å². The zero-order chi connectivity index (χ0) is 17.5. The Balaban J connectivity index is 2.15. The molecule has 8 heteroatoms. The van der Waals surface area contributed by atoms with Crippen molar-refractivity contribution in [2.75, 3.05) is 0 Å². The molecule has 1 aliphatic heterocycles. The van der Waals surface area contributed by atoms with Gasteiger partial charge in [-0.1, -0.05) is 12.1 Å². The Morgan fingerprint density at radius 1 is 1.12 bits per heavy atom. The maximum absolute atomic E-state index is 13.6. The SMILES string of the molecule is Cc1cccn(C[C@@]2(c3ccc(F)c(F)c3)NC(=O)NC2=O)c1=O. The molecular formula is C16H13F2N3O3. The predicted molar refractivity (Wildman–Crippen MR) is 80.1 cm³/mol. The summed E-state index contributed by atoms with van der Waals surface area (Å²) in [6.07, 6.45) is 1.45. The first kappa shape index (κ1) is 15.9. The number of halogens is 2. The number of pyridine rings is 1. The van der Waals surface area contributed by atoms with Gasteiger partial charge in [-0.15, -0.1) is 0 Å². The van der Waals surface area contributed by atoms with E-state index in [0.29, 0.717) is 5.56 Å². The van der Waals surface area contributed by atoms with Crippen molar-refractivity contribution < 1.29 is 18.4 Å². The second-order valence-electron chi connectivity index (χ2n) is 5.57. The van der Waals surface area contributed by atoms with Gasteiger partial charge in [-0.25, -0.2) is 13.6 Å². The molecule has 2 aromatic rings. The third-order valence-electron chi connectivity index (χ3n) is 3.97. The topological polar surface area (TPSA) is 80.2 Å². The van der Waals surface area contributed by atoms with E-state index < -0.39 is 29.1 Å². The number of hydrogen-bond donors (Lipinski definition) is 2. The summed E-state index contributed by atoms with van der Waals surface area (Å²) in [7, 11) is 0. The number of rotatable bonds is 3. The molecule has 3 rings (SSSR count). The first-order valence-electron chi connectivity index (χ1n) is 7.09. The fourth-order valence-corrected chi connectivity index (χ4v) is 2.70. The Morgan fingerprint density at radius 2 is 1.88 bits per heavy atom. The minimum Gasteiger partial charge on any atom is -0.318 e. The standard InChI is InChI=1S/C16H13F2N3O3/c1-9-3-2-6-21(13(9)22)8-16(14(23)19-15(24)20-16)10-4-5-11(17)12(18)7-10/h2-7H,8H2,1H3,(H2,19,20,23,24)/t16-/m0/s1. The summed E-state index contributed by atoms with van der Waals surface area (Å²) in [5.41, 5.74) is -1.57. The average molecular weight is 333 g/mol. The van der Waals surface area contributed by atoms with E-state index >= 15 is 0 Å². The van der Waals surface area contributed by atoms with Crippen LogP contribution in [0.25, 0.3) is 0 Å². The summed E-state index contributed by atoms with van der Waals surface area (Å²) in [5, 5.41) is 4.50. The highest BCUT2D eigenvalue weighted by molar-refractivity contribution is 6.07. The van der Waals surface area contributed by atoms with E-state index in [4.69, 9.17) is 0 Å². The molecule has 3 amide bonds. The molecule has 124 valence electrons. The number of aryl methyl sites for hydroxylation is 1. The van der Waals surface area contributed by atoms with Crippen LogP contribution in [0.3, 0.4) is 0 Å². The molecule has 1 fully saturated rings. The van der Waals surface area contributed by atoms with Gasteiger partial charge in [0.1, 0.15) is 0 Å². The van der Waals surface area contributed by atoms with Crippen LogP contribution in [-0.2, 0) is 16.9 Å². The molecule has 1 aromatic carbocycles. The summed E-state index contributed by atoms with van der Waals surface area (Å²) < 4.78 is 28.1. The molecule has 1 aromatic heterocycles.